The van der Waals surface area contributed by atoms with Crippen LogP contribution in [-0.2, 0) is 10.3 Å². The van der Waals surface area contributed by atoms with Crippen LogP contribution in [0.25, 0.3) is 0 Å². The van der Waals surface area contributed by atoms with E-state index in [4.69, 9.17) is 22.1 Å². The molecule has 3 rings (SSSR count). The first-order valence-corrected chi connectivity index (χ1v) is 9.78. The van der Waals surface area contributed by atoms with Gasteiger partial charge in [-0.25, -0.2) is 0 Å². The molecule has 0 aliphatic carbocycles. The molecule has 3 heteroatoms. The maximum Gasteiger partial charge on any atom is 0.145 e. The van der Waals surface area contributed by atoms with Crippen LogP contribution in [0.15, 0.2) is 78.9 Å². The van der Waals surface area contributed by atoms with Crippen molar-refractivity contribution in [1.82, 2.24) is 0 Å². The van der Waals surface area contributed by atoms with Crippen LogP contribution in [-0.4, -0.2) is 13.2 Å². The molecule has 0 bridgehead atoms. The lowest BCUT2D eigenvalue weighted by molar-refractivity contribution is 0.0111. The number of aryl methyl sites for hydroxylation is 1. The highest BCUT2D eigenvalue weighted by molar-refractivity contribution is 6.31. The smallest absolute Gasteiger partial charge is 0.145 e. The van der Waals surface area contributed by atoms with E-state index in [0.29, 0.717) is 18.2 Å². The first kappa shape index (κ1) is 19.6. The first-order chi connectivity index (χ1) is 13.2. The first-order valence-electron chi connectivity index (χ1n) is 9.40. The molecule has 0 aliphatic heterocycles. The quantitative estimate of drug-likeness (QED) is 0.402. The third-order valence-corrected chi connectivity index (χ3v) is 5.14. The van der Waals surface area contributed by atoms with Gasteiger partial charge in [0, 0.05) is 17.2 Å². The lowest BCUT2D eigenvalue weighted by Crippen LogP contribution is -2.33. The van der Waals surface area contributed by atoms with E-state index in [1.165, 1.54) is 5.56 Å². The number of unbranched alkanes of at least 4 members (excludes halogenated alkanes) is 1. The Morgan fingerprint density at radius 3 is 2.11 bits per heavy atom. The van der Waals surface area contributed by atoms with Crippen LogP contribution in [0.3, 0.4) is 0 Å². The van der Waals surface area contributed by atoms with Crippen molar-refractivity contribution < 1.29 is 4.74 Å². The summed E-state index contributed by atoms with van der Waals surface area (Å²) in [6, 6.07) is 26.7. The van der Waals surface area contributed by atoms with Crippen molar-refractivity contribution in [2.24, 2.45) is 5.73 Å². The monoisotopic (exact) mass is 379 g/mol. The third-order valence-electron chi connectivity index (χ3n) is 4.81. The largest absolute Gasteiger partial charge is 0.361 e. The molecule has 2 N–H and O–H groups in total. The van der Waals surface area contributed by atoms with Crippen LogP contribution in [0.5, 0.6) is 0 Å². The van der Waals surface area contributed by atoms with Gasteiger partial charge in [0.1, 0.15) is 5.60 Å². The third kappa shape index (κ3) is 4.24. The molecule has 3 aromatic carbocycles. The van der Waals surface area contributed by atoms with Gasteiger partial charge in [-0.15, -0.1) is 0 Å². The van der Waals surface area contributed by atoms with E-state index >= 15 is 0 Å². The van der Waals surface area contributed by atoms with Gasteiger partial charge in [-0.1, -0.05) is 90.0 Å². The zero-order valence-corrected chi connectivity index (χ0v) is 16.5. The molecule has 27 heavy (non-hydrogen) atoms. The second-order valence-electron chi connectivity index (χ2n) is 6.74. The number of halogens is 1. The van der Waals surface area contributed by atoms with Gasteiger partial charge < -0.3 is 10.5 Å². The normalized spacial score (nSPS) is 13.3. The number of benzene rings is 3. The molecule has 0 aromatic heterocycles. The van der Waals surface area contributed by atoms with Crippen molar-refractivity contribution in [3.05, 3.63) is 106 Å². The van der Waals surface area contributed by atoms with Gasteiger partial charge in [0.15, 0.2) is 0 Å². The predicted molar refractivity (Wildman–Crippen MR) is 113 cm³/mol. The maximum absolute atomic E-state index is 6.68. The van der Waals surface area contributed by atoms with Gasteiger partial charge in [-0.2, -0.15) is 0 Å². The Morgan fingerprint density at radius 2 is 1.44 bits per heavy atom. The van der Waals surface area contributed by atoms with E-state index < -0.39 is 5.60 Å². The molecule has 140 valence electrons. The van der Waals surface area contributed by atoms with Crippen LogP contribution < -0.4 is 5.73 Å². The summed E-state index contributed by atoms with van der Waals surface area (Å²) in [6.07, 6.45) is 1.84. The van der Waals surface area contributed by atoms with Crippen LogP contribution >= 0.6 is 11.6 Å². The molecule has 0 fully saturated rings. The molecule has 2 nitrogen and oxygen atoms in total. The van der Waals surface area contributed by atoms with E-state index in [9.17, 15) is 0 Å². The second-order valence-corrected chi connectivity index (χ2v) is 7.14. The second kappa shape index (κ2) is 9.18. The summed E-state index contributed by atoms with van der Waals surface area (Å²) in [5.41, 5.74) is 9.21. The fraction of sp³-hybridized carbons (Fsp3) is 0.250. The van der Waals surface area contributed by atoms with Crippen molar-refractivity contribution in [1.29, 1.82) is 0 Å². The Kier molecular flexibility index (Phi) is 6.68. The zero-order chi connectivity index (χ0) is 19.1. The van der Waals surface area contributed by atoms with E-state index in [1.54, 1.807) is 0 Å². The summed E-state index contributed by atoms with van der Waals surface area (Å²) in [5.74, 6) is 0. The molecule has 0 radical (unpaired) electrons. The number of ether oxygens (including phenoxy) is 1. The van der Waals surface area contributed by atoms with Gasteiger partial charge in [0.05, 0.1) is 0 Å². The molecule has 0 amide bonds. The van der Waals surface area contributed by atoms with E-state index in [1.807, 2.05) is 36.4 Å². The summed E-state index contributed by atoms with van der Waals surface area (Å²) >= 11 is 6.68. The Balaban J connectivity index is 2.20. The van der Waals surface area contributed by atoms with Gasteiger partial charge in [-0.3, -0.25) is 0 Å². The fourth-order valence-electron chi connectivity index (χ4n) is 3.40. The lowest BCUT2D eigenvalue weighted by atomic mass is 9.79. The molecule has 0 heterocycles. The average Bonchev–Trinajstić information content (AvgIpc) is 2.71. The van der Waals surface area contributed by atoms with Gasteiger partial charge in [0.25, 0.3) is 0 Å². The zero-order valence-electron chi connectivity index (χ0n) is 15.7. The molecule has 1 unspecified atom stereocenters. The summed E-state index contributed by atoms with van der Waals surface area (Å²) < 4.78 is 6.67. The van der Waals surface area contributed by atoms with E-state index in [2.05, 4.69) is 49.4 Å². The Hall–Kier alpha value is -2.13. The van der Waals surface area contributed by atoms with Crippen molar-refractivity contribution in [3.63, 3.8) is 0 Å². The van der Waals surface area contributed by atoms with Crippen molar-refractivity contribution >= 4 is 11.6 Å². The maximum atomic E-state index is 6.68. The minimum Gasteiger partial charge on any atom is -0.361 e. The lowest BCUT2D eigenvalue weighted by Gasteiger charge is -2.36. The van der Waals surface area contributed by atoms with E-state index in [-0.39, 0.29) is 0 Å². The number of nitrogens with two attached hydrogens (primary N) is 1. The molecule has 1 atom stereocenters. The standard InChI is InChI=1S/C24H26ClNO/c1-19-13-15-21(16-14-19)24(27-18-8-7-17-26,20-9-3-2-4-10-20)22-11-5-6-12-23(22)25/h2-6,9-16H,7-8,17-18,26H2,1H3. The number of rotatable bonds is 8. The number of hydrogen-bond donors (Lipinski definition) is 1. The highest BCUT2D eigenvalue weighted by Gasteiger charge is 2.39. The highest BCUT2D eigenvalue weighted by Crippen LogP contribution is 2.43. The van der Waals surface area contributed by atoms with Crippen LogP contribution in [0, 0.1) is 6.92 Å². The SMILES string of the molecule is Cc1ccc(C(OCCCCN)(c2ccccc2)c2ccccc2Cl)cc1. The van der Waals surface area contributed by atoms with Crippen LogP contribution in [0.4, 0.5) is 0 Å². The van der Waals surface area contributed by atoms with E-state index in [0.717, 1.165) is 29.5 Å². The predicted octanol–water partition coefficient (Wildman–Crippen LogP) is 5.70. The summed E-state index contributed by atoms with van der Waals surface area (Å²) in [7, 11) is 0. The average molecular weight is 380 g/mol. The van der Waals surface area contributed by atoms with Crippen LogP contribution in [0.1, 0.15) is 35.1 Å². The molecular weight excluding hydrogens is 354 g/mol. The van der Waals surface area contributed by atoms with Gasteiger partial charge in [0.2, 0.25) is 0 Å². The molecule has 0 saturated carbocycles. The van der Waals surface area contributed by atoms with Crippen molar-refractivity contribution in [2.45, 2.75) is 25.4 Å². The minimum absolute atomic E-state index is 0.602. The van der Waals surface area contributed by atoms with Gasteiger partial charge >= 0.3 is 0 Å². The molecule has 0 aliphatic rings. The summed E-state index contributed by atoms with van der Waals surface area (Å²) in [6.45, 7) is 3.36. The Labute approximate surface area is 166 Å². The minimum atomic E-state index is -0.762. The molecule has 0 spiro atoms. The summed E-state index contributed by atoms with van der Waals surface area (Å²) in [4.78, 5) is 0. The number of hydrogen-bond acceptors (Lipinski definition) is 2. The fourth-order valence-corrected chi connectivity index (χ4v) is 3.67. The molecule has 0 saturated heterocycles. The van der Waals surface area contributed by atoms with Crippen LogP contribution in [0.2, 0.25) is 5.02 Å². The molecule has 3 aromatic rings. The Bertz CT molecular complexity index is 848. The highest BCUT2D eigenvalue weighted by atomic mass is 35.5. The molecular formula is C24H26ClNO. The summed E-state index contributed by atoms with van der Waals surface area (Å²) in [5, 5.41) is 0.695. The van der Waals surface area contributed by atoms with Gasteiger partial charge in [-0.05, 0) is 43.5 Å². The van der Waals surface area contributed by atoms with Crippen molar-refractivity contribution in [2.75, 3.05) is 13.2 Å². The Morgan fingerprint density at radius 1 is 0.815 bits per heavy atom. The topological polar surface area (TPSA) is 35.2 Å². The van der Waals surface area contributed by atoms with Crippen molar-refractivity contribution in [3.8, 4) is 0 Å².